The first kappa shape index (κ1) is 19.6. The Bertz CT molecular complexity index is 675. The molecule has 140 valence electrons. The van der Waals surface area contributed by atoms with Crippen LogP contribution in [0.2, 0.25) is 0 Å². The number of carbonyl (C=O) groups is 4. The van der Waals surface area contributed by atoms with E-state index in [-0.39, 0.29) is 24.0 Å². The Morgan fingerprint density at radius 2 is 1.88 bits per heavy atom. The zero-order chi connectivity index (χ0) is 19.1. The number of benzene rings is 1. The van der Waals surface area contributed by atoms with Gasteiger partial charge in [-0.15, -0.1) is 0 Å². The van der Waals surface area contributed by atoms with E-state index in [2.05, 4.69) is 10.6 Å². The molecule has 0 saturated heterocycles. The van der Waals surface area contributed by atoms with Crippen LogP contribution in [0, 0.1) is 5.92 Å². The van der Waals surface area contributed by atoms with Crippen LogP contribution >= 0.6 is 0 Å². The van der Waals surface area contributed by atoms with E-state index in [0.29, 0.717) is 25.7 Å². The highest BCUT2D eigenvalue weighted by atomic mass is 16.2. The zero-order valence-corrected chi connectivity index (χ0v) is 14.9. The maximum absolute atomic E-state index is 12.7. The maximum Gasteiger partial charge on any atom is 0.243 e. The van der Waals surface area contributed by atoms with Gasteiger partial charge in [0.25, 0.3) is 0 Å². The van der Waals surface area contributed by atoms with Crippen molar-refractivity contribution in [2.75, 3.05) is 0 Å². The van der Waals surface area contributed by atoms with Crippen LogP contribution < -0.4 is 16.4 Å². The number of hydrogen-bond acceptors (Lipinski definition) is 4. The Morgan fingerprint density at radius 1 is 1.19 bits per heavy atom. The van der Waals surface area contributed by atoms with E-state index in [1.54, 1.807) is 0 Å². The van der Waals surface area contributed by atoms with Crippen molar-refractivity contribution in [2.45, 2.75) is 51.1 Å². The molecule has 0 aliphatic heterocycles. The molecule has 7 nitrogen and oxygen atoms in total. The number of carbonyl (C=O) groups excluding carboxylic acids is 4. The Kier molecular flexibility index (Phi) is 6.89. The van der Waals surface area contributed by atoms with Gasteiger partial charge >= 0.3 is 0 Å². The molecule has 2 rings (SSSR count). The highest BCUT2D eigenvalue weighted by Crippen LogP contribution is 2.24. The fourth-order valence-electron chi connectivity index (χ4n) is 3.32. The predicted molar refractivity (Wildman–Crippen MR) is 95.8 cm³/mol. The molecule has 26 heavy (non-hydrogen) atoms. The van der Waals surface area contributed by atoms with Gasteiger partial charge in [0.2, 0.25) is 17.7 Å². The van der Waals surface area contributed by atoms with E-state index in [4.69, 9.17) is 5.73 Å². The summed E-state index contributed by atoms with van der Waals surface area (Å²) in [6.07, 6.45) is 2.36. The number of ketones is 1. The summed E-state index contributed by atoms with van der Waals surface area (Å²) in [6.45, 7) is 1.33. The van der Waals surface area contributed by atoms with Crippen LogP contribution in [0.25, 0.3) is 0 Å². The van der Waals surface area contributed by atoms with Gasteiger partial charge in [-0.2, -0.15) is 0 Å². The van der Waals surface area contributed by atoms with Crippen molar-refractivity contribution >= 4 is 23.5 Å². The second-order valence-electron chi connectivity index (χ2n) is 6.73. The molecule has 3 atom stereocenters. The minimum atomic E-state index is -0.918. The molecular formula is C19H25N3O4. The number of amides is 3. The van der Waals surface area contributed by atoms with Gasteiger partial charge in [0.1, 0.15) is 17.9 Å². The lowest BCUT2D eigenvalue weighted by Gasteiger charge is -2.29. The molecule has 0 spiro atoms. The monoisotopic (exact) mass is 359 g/mol. The molecule has 0 unspecified atom stereocenters. The fourth-order valence-corrected chi connectivity index (χ4v) is 3.32. The minimum absolute atomic E-state index is 0.0736. The lowest BCUT2D eigenvalue weighted by atomic mass is 9.82. The number of nitrogens with two attached hydrogens (primary N) is 1. The summed E-state index contributed by atoms with van der Waals surface area (Å²) in [4.78, 5) is 47.7. The van der Waals surface area contributed by atoms with E-state index in [9.17, 15) is 19.2 Å². The van der Waals surface area contributed by atoms with Crippen LogP contribution in [0.5, 0.6) is 0 Å². The number of rotatable bonds is 7. The second kappa shape index (κ2) is 9.12. The molecule has 1 saturated carbocycles. The van der Waals surface area contributed by atoms with E-state index in [0.717, 1.165) is 5.56 Å². The normalized spacial score (nSPS) is 19.3. The highest BCUT2D eigenvalue weighted by Gasteiger charge is 2.33. The summed E-state index contributed by atoms with van der Waals surface area (Å²) >= 11 is 0. The Morgan fingerprint density at radius 3 is 2.46 bits per heavy atom. The van der Waals surface area contributed by atoms with Crippen molar-refractivity contribution in [1.29, 1.82) is 0 Å². The van der Waals surface area contributed by atoms with Gasteiger partial charge < -0.3 is 16.4 Å². The van der Waals surface area contributed by atoms with Crippen molar-refractivity contribution in [3.8, 4) is 0 Å². The van der Waals surface area contributed by atoms with Crippen molar-refractivity contribution in [3.63, 3.8) is 0 Å². The topological polar surface area (TPSA) is 118 Å². The Hall–Kier alpha value is -2.70. The van der Waals surface area contributed by atoms with Crippen molar-refractivity contribution in [3.05, 3.63) is 35.9 Å². The van der Waals surface area contributed by atoms with Crippen LogP contribution in [-0.4, -0.2) is 35.6 Å². The van der Waals surface area contributed by atoms with E-state index in [1.165, 1.54) is 6.92 Å². The standard InChI is InChI=1S/C19H25N3O4/c1-12(23)21-16(10-13-6-3-2-4-7-13)19(26)22-17(18(20)25)14-8-5-9-15(24)11-14/h2-4,6-7,14,16-17H,5,8-11H2,1H3,(H2,20,25)(H,21,23)(H,22,26)/t14-,16+,17+/m1/s1. The fraction of sp³-hybridized carbons (Fsp3) is 0.474. The van der Waals surface area contributed by atoms with Crippen molar-refractivity contribution < 1.29 is 19.2 Å². The molecule has 0 radical (unpaired) electrons. The molecule has 1 aliphatic carbocycles. The first-order valence-electron chi connectivity index (χ1n) is 8.79. The summed E-state index contributed by atoms with van der Waals surface area (Å²) < 4.78 is 0. The summed E-state index contributed by atoms with van der Waals surface area (Å²) in [6, 6.07) is 7.52. The smallest absolute Gasteiger partial charge is 0.243 e. The largest absolute Gasteiger partial charge is 0.368 e. The quantitative estimate of drug-likeness (QED) is 0.655. The SMILES string of the molecule is CC(=O)N[C@@H](Cc1ccccc1)C(=O)N[C@H](C(N)=O)[C@@H]1CCCC(=O)C1. The number of primary amides is 1. The molecule has 1 aromatic carbocycles. The molecule has 1 aliphatic rings. The molecule has 1 aromatic rings. The first-order valence-corrected chi connectivity index (χ1v) is 8.79. The number of nitrogens with one attached hydrogen (secondary N) is 2. The van der Waals surface area contributed by atoms with E-state index in [1.807, 2.05) is 30.3 Å². The minimum Gasteiger partial charge on any atom is -0.368 e. The van der Waals surface area contributed by atoms with Gasteiger partial charge in [0.05, 0.1) is 0 Å². The van der Waals surface area contributed by atoms with E-state index >= 15 is 0 Å². The summed E-state index contributed by atoms with van der Waals surface area (Å²) in [7, 11) is 0. The van der Waals surface area contributed by atoms with Gasteiger partial charge in [0, 0.05) is 26.2 Å². The molecule has 4 N–H and O–H groups in total. The van der Waals surface area contributed by atoms with Gasteiger partial charge in [-0.1, -0.05) is 30.3 Å². The van der Waals surface area contributed by atoms with Crippen molar-refractivity contribution in [1.82, 2.24) is 10.6 Å². The second-order valence-corrected chi connectivity index (χ2v) is 6.73. The zero-order valence-electron chi connectivity index (χ0n) is 14.9. The number of Topliss-reactive ketones (excluding diaryl/α,β-unsaturated/α-hetero) is 1. The average Bonchev–Trinajstić information content (AvgIpc) is 2.59. The molecular weight excluding hydrogens is 334 g/mol. The number of hydrogen-bond donors (Lipinski definition) is 3. The van der Waals surface area contributed by atoms with Gasteiger partial charge in [-0.3, -0.25) is 19.2 Å². The first-order chi connectivity index (χ1) is 12.4. The van der Waals surface area contributed by atoms with Crippen LogP contribution in [0.4, 0.5) is 0 Å². The van der Waals surface area contributed by atoms with Crippen LogP contribution in [-0.2, 0) is 25.6 Å². The molecule has 7 heteroatoms. The Labute approximate surface area is 152 Å². The summed E-state index contributed by atoms with van der Waals surface area (Å²) in [5, 5.41) is 5.27. The van der Waals surface area contributed by atoms with Crippen molar-refractivity contribution in [2.24, 2.45) is 11.7 Å². The van der Waals surface area contributed by atoms with Gasteiger partial charge in [-0.25, -0.2) is 0 Å². The molecule has 1 fully saturated rings. The molecule has 0 bridgehead atoms. The third-order valence-electron chi connectivity index (χ3n) is 4.57. The molecule has 0 aromatic heterocycles. The lowest BCUT2D eigenvalue weighted by Crippen LogP contribution is -2.56. The van der Waals surface area contributed by atoms with Gasteiger partial charge in [-0.05, 0) is 24.3 Å². The van der Waals surface area contributed by atoms with Crippen LogP contribution in [0.3, 0.4) is 0 Å². The third kappa shape index (κ3) is 5.68. The molecule has 3 amide bonds. The third-order valence-corrected chi connectivity index (χ3v) is 4.57. The Balaban J connectivity index is 2.10. The molecule has 0 heterocycles. The van der Waals surface area contributed by atoms with Crippen LogP contribution in [0.1, 0.15) is 38.2 Å². The van der Waals surface area contributed by atoms with Gasteiger partial charge in [0.15, 0.2) is 0 Å². The summed E-state index contributed by atoms with van der Waals surface area (Å²) in [5.41, 5.74) is 6.34. The highest BCUT2D eigenvalue weighted by molar-refractivity contribution is 5.92. The summed E-state index contributed by atoms with van der Waals surface area (Å²) in [5.74, 6) is -1.72. The lowest BCUT2D eigenvalue weighted by molar-refractivity contribution is -0.132. The maximum atomic E-state index is 12.7. The van der Waals surface area contributed by atoms with Crippen LogP contribution in [0.15, 0.2) is 30.3 Å². The van der Waals surface area contributed by atoms with E-state index < -0.39 is 23.9 Å². The average molecular weight is 359 g/mol. The predicted octanol–water partition coefficient (Wildman–Crippen LogP) is 0.463.